The van der Waals surface area contributed by atoms with Gasteiger partial charge in [-0.1, -0.05) is 48.0 Å². The van der Waals surface area contributed by atoms with Crippen LogP contribution in [0.2, 0.25) is 5.02 Å². The number of anilines is 1. The number of ether oxygens (including phenoxy) is 1. The van der Waals surface area contributed by atoms with Crippen LogP contribution in [0.15, 0.2) is 83.3 Å². The van der Waals surface area contributed by atoms with Gasteiger partial charge in [0.1, 0.15) is 16.5 Å². The van der Waals surface area contributed by atoms with Crippen molar-refractivity contribution < 1.29 is 22.1 Å². The van der Waals surface area contributed by atoms with Crippen molar-refractivity contribution in [2.75, 3.05) is 12.4 Å². The van der Waals surface area contributed by atoms with E-state index < -0.39 is 16.0 Å². The predicted molar refractivity (Wildman–Crippen MR) is 121 cm³/mol. The summed E-state index contributed by atoms with van der Waals surface area (Å²) < 4.78 is 36.0. The monoisotopic (exact) mass is 468 g/mol. The lowest BCUT2D eigenvalue weighted by Crippen LogP contribution is -2.14. The average Bonchev–Trinajstić information content (AvgIpc) is 2.78. The summed E-state index contributed by atoms with van der Waals surface area (Å²) in [6, 6.07) is 20.4. The van der Waals surface area contributed by atoms with Crippen LogP contribution in [0.3, 0.4) is 0 Å². The SMILES string of the molecule is COc1cccc(/C=C(\C#N)C(=O)Nc2cccc(Cl)c2)c1OS(=O)(=O)c1ccccc1. The molecule has 0 atom stereocenters. The van der Waals surface area contributed by atoms with E-state index in [1.165, 1.54) is 43.5 Å². The molecule has 7 nitrogen and oxygen atoms in total. The Kier molecular flexibility index (Phi) is 7.15. The molecule has 0 aliphatic carbocycles. The Hall–Kier alpha value is -3.80. The number of rotatable bonds is 7. The van der Waals surface area contributed by atoms with Gasteiger partial charge in [0.25, 0.3) is 5.91 Å². The first-order chi connectivity index (χ1) is 15.3. The van der Waals surface area contributed by atoms with E-state index in [-0.39, 0.29) is 27.5 Å². The van der Waals surface area contributed by atoms with Gasteiger partial charge in [0.05, 0.1) is 7.11 Å². The van der Waals surface area contributed by atoms with Crippen molar-refractivity contribution in [3.05, 3.63) is 89.0 Å². The van der Waals surface area contributed by atoms with Gasteiger partial charge in [-0.25, -0.2) is 0 Å². The highest BCUT2D eigenvalue weighted by molar-refractivity contribution is 7.87. The Morgan fingerprint density at radius 2 is 1.78 bits per heavy atom. The molecule has 0 heterocycles. The maximum absolute atomic E-state index is 12.7. The fourth-order valence-electron chi connectivity index (χ4n) is 2.71. The Morgan fingerprint density at radius 3 is 2.44 bits per heavy atom. The highest BCUT2D eigenvalue weighted by atomic mass is 35.5. The molecule has 0 fully saturated rings. The molecule has 9 heteroatoms. The van der Waals surface area contributed by atoms with E-state index >= 15 is 0 Å². The van der Waals surface area contributed by atoms with Crippen molar-refractivity contribution >= 4 is 39.4 Å². The minimum Gasteiger partial charge on any atom is -0.493 e. The second-order valence-electron chi connectivity index (χ2n) is 6.36. The number of carbonyl (C=O) groups is 1. The van der Waals surface area contributed by atoms with Gasteiger partial charge in [-0.05, 0) is 42.5 Å². The summed E-state index contributed by atoms with van der Waals surface area (Å²) in [5.74, 6) is -0.734. The van der Waals surface area contributed by atoms with Crippen LogP contribution in [0.5, 0.6) is 11.5 Å². The molecule has 0 radical (unpaired) electrons. The maximum Gasteiger partial charge on any atom is 0.339 e. The molecule has 0 aromatic heterocycles. The summed E-state index contributed by atoms with van der Waals surface area (Å²) in [4.78, 5) is 12.5. The lowest BCUT2D eigenvalue weighted by Gasteiger charge is -2.13. The highest BCUT2D eigenvalue weighted by Gasteiger charge is 2.22. The molecular weight excluding hydrogens is 452 g/mol. The number of hydrogen-bond acceptors (Lipinski definition) is 6. The number of methoxy groups -OCH3 is 1. The standard InChI is InChI=1S/C23H17ClN2O5S/c1-30-21-12-5-7-16(22(21)31-32(28,29)20-10-3-2-4-11-20)13-17(15-25)23(27)26-19-9-6-8-18(24)14-19/h2-14H,1H3,(H,26,27)/b17-13+. The second kappa shape index (κ2) is 10.0. The van der Waals surface area contributed by atoms with E-state index in [0.717, 1.165) is 0 Å². The summed E-state index contributed by atoms with van der Waals surface area (Å²) in [5.41, 5.74) is 0.291. The zero-order chi connectivity index (χ0) is 23.1. The van der Waals surface area contributed by atoms with E-state index in [2.05, 4.69) is 5.32 Å². The van der Waals surface area contributed by atoms with Gasteiger partial charge in [0, 0.05) is 16.3 Å². The van der Waals surface area contributed by atoms with Crippen LogP contribution >= 0.6 is 11.6 Å². The molecule has 0 unspecified atom stereocenters. The Balaban J connectivity index is 1.99. The number of nitrogens with zero attached hydrogens (tertiary/aromatic N) is 1. The molecular formula is C23H17ClN2O5S. The fourth-order valence-corrected chi connectivity index (χ4v) is 3.88. The lowest BCUT2D eigenvalue weighted by atomic mass is 10.1. The first kappa shape index (κ1) is 22.9. The third-order valence-corrected chi connectivity index (χ3v) is 5.67. The minimum absolute atomic E-state index is 0.0555. The van der Waals surface area contributed by atoms with Crippen LogP contribution in [0.4, 0.5) is 5.69 Å². The number of nitriles is 1. The van der Waals surface area contributed by atoms with Crippen molar-refractivity contribution in [2.24, 2.45) is 0 Å². The van der Waals surface area contributed by atoms with Crippen molar-refractivity contribution in [3.8, 4) is 17.6 Å². The third-order valence-electron chi connectivity index (χ3n) is 4.20. The molecule has 3 aromatic carbocycles. The topological polar surface area (TPSA) is 105 Å². The number of benzene rings is 3. The molecule has 1 N–H and O–H groups in total. The molecule has 0 saturated heterocycles. The molecule has 3 rings (SSSR count). The van der Waals surface area contributed by atoms with E-state index in [9.17, 15) is 18.5 Å². The Morgan fingerprint density at radius 1 is 1.06 bits per heavy atom. The molecule has 0 aliphatic rings. The number of carbonyl (C=O) groups excluding carboxylic acids is 1. The number of nitrogens with one attached hydrogen (secondary N) is 1. The number of hydrogen-bond donors (Lipinski definition) is 1. The largest absolute Gasteiger partial charge is 0.493 e. The van der Waals surface area contributed by atoms with E-state index in [4.69, 9.17) is 20.5 Å². The molecule has 3 aromatic rings. The van der Waals surface area contributed by atoms with Gasteiger partial charge in [-0.15, -0.1) is 0 Å². The highest BCUT2D eigenvalue weighted by Crippen LogP contribution is 2.35. The summed E-state index contributed by atoms with van der Waals surface area (Å²) in [7, 11) is -2.84. The Bertz CT molecular complexity index is 1320. The zero-order valence-electron chi connectivity index (χ0n) is 16.8. The average molecular weight is 469 g/mol. The number of halogens is 1. The van der Waals surface area contributed by atoms with Crippen LogP contribution < -0.4 is 14.2 Å². The summed E-state index contributed by atoms with van der Waals surface area (Å²) >= 11 is 5.92. The van der Waals surface area contributed by atoms with Crippen molar-refractivity contribution in [3.63, 3.8) is 0 Å². The third kappa shape index (κ3) is 5.46. The van der Waals surface area contributed by atoms with E-state index in [0.29, 0.717) is 10.7 Å². The normalized spacial score (nSPS) is 11.3. The lowest BCUT2D eigenvalue weighted by molar-refractivity contribution is -0.112. The van der Waals surface area contributed by atoms with Gasteiger partial charge in [-0.2, -0.15) is 13.7 Å². The number of amides is 1. The van der Waals surface area contributed by atoms with Crippen molar-refractivity contribution in [1.29, 1.82) is 5.26 Å². The van der Waals surface area contributed by atoms with Gasteiger partial charge >= 0.3 is 10.1 Å². The van der Waals surface area contributed by atoms with Crippen LogP contribution in [0, 0.1) is 11.3 Å². The summed E-state index contributed by atoms with van der Waals surface area (Å²) in [5, 5.41) is 12.5. The summed E-state index contributed by atoms with van der Waals surface area (Å²) in [6.45, 7) is 0. The molecule has 32 heavy (non-hydrogen) atoms. The number of para-hydroxylation sites is 1. The smallest absolute Gasteiger partial charge is 0.339 e. The van der Waals surface area contributed by atoms with Crippen LogP contribution in [-0.2, 0) is 14.9 Å². The minimum atomic E-state index is -4.19. The van der Waals surface area contributed by atoms with Gasteiger partial charge in [0.15, 0.2) is 11.5 Å². The van der Waals surface area contributed by atoms with Gasteiger partial charge in [0.2, 0.25) is 0 Å². The van der Waals surface area contributed by atoms with Crippen molar-refractivity contribution in [2.45, 2.75) is 4.90 Å². The van der Waals surface area contributed by atoms with Crippen LogP contribution in [0.1, 0.15) is 5.56 Å². The summed E-state index contributed by atoms with van der Waals surface area (Å²) in [6.07, 6.45) is 1.22. The first-order valence-corrected chi connectivity index (χ1v) is 11.0. The fraction of sp³-hybridized carbons (Fsp3) is 0.0435. The van der Waals surface area contributed by atoms with Crippen molar-refractivity contribution in [1.82, 2.24) is 0 Å². The van der Waals surface area contributed by atoms with Gasteiger partial charge < -0.3 is 14.2 Å². The second-order valence-corrected chi connectivity index (χ2v) is 8.35. The molecule has 0 saturated carbocycles. The van der Waals surface area contributed by atoms with Gasteiger partial charge in [-0.3, -0.25) is 4.79 Å². The van der Waals surface area contributed by atoms with Crippen LogP contribution in [-0.4, -0.2) is 21.4 Å². The Labute approximate surface area is 190 Å². The molecule has 0 spiro atoms. The first-order valence-electron chi connectivity index (χ1n) is 9.19. The molecule has 0 bridgehead atoms. The van der Waals surface area contributed by atoms with Crippen LogP contribution in [0.25, 0.3) is 6.08 Å². The zero-order valence-corrected chi connectivity index (χ0v) is 18.4. The molecule has 162 valence electrons. The quantitative estimate of drug-likeness (QED) is 0.307. The predicted octanol–water partition coefficient (Wildman–Crippen LogP) is 4.66. The maximum atomic E-state index is 12.7. The van der Waals surface area contributed by atoms with E-state index in [1.54, 1.807) is 42.5 Å². The molecule has 0 aliphatic heterocycles. The molecule has 1 amide bonds. The van der Waals surface area contributed by atoms with E-state index in [1.807, 2.05) is 6.07 Å².